The zero-order valence-corrected chi connectivity index (χ0v) is 14.4. The first kappa shape index (κ1) is 15.3. The minimum absolute atomic E-state index is 0.252. The molecule has 0 atom stereocenters. The van der Waals surface area contributed by atoms with Crippen molar-refractivity contribution in [3.8, 4) is 0 Å². The molecule has 0 bridgehead atoms. The van der Waals surface area contributed by atoms with Gasteiger partial charge in [0, 0.05) is 16.6 Å². The second-order valence-corrected chi connectivity index (χ2v) is 7.51. The fraction of sp³-hybridized carbons (Fsp3) is 0.556. The summed E-state index contributed by atoms with van der Waals surface area (Å²) in [6.07, 6.45) is 4.14. The van der Waals surface area contributed by atoms with Gasteiger partial charge in [0.15, 0.2) is 0 Å². The SMILES string of the molecule is Cc1ncc2cc(Cl)c(C3CCN(C4(C)COC4)CC3)cc2n1. The summed E-state index contributed by atoms with van der Waals surface area (Å²) in [5.74, 6) is 1.32. The van der Waals surface area contributed by atoms with E-state index in [1.54, 1.807) is 0 Å². The summed E-state index contributed by atoms with van der Waals surface area (Å²) in [5.41, 5.74) is 2.49. The van der Waals surface area contributed by atoms with Crippen LogP contribution in [-0.4, -0.2) is 46.7 Å². The summed E-state index contributed by atoms with van der Waals surface area (Å²) in [7, 11) is 0. The van der Waals surface area contributed by atoms with Crippen molar-refractivity contribution in [2.45, 2.75) is 38.1 Å². The number of likely N-dealkylation sites (tertiary alicyclic amines) is 1. The van der Waals surface area contributed by atoms with Gasteiger partial charge in [-0.05, 0) is 63.4 Å². The van der Waals surface area contributed by atoms with E-state index in [4.69, 9.17) is 16.3 Å². The molecule has 0 amide bonds. The topological polar surface area (TPSA) is 38.2 Å². The molecule has 0 spiro atoms. The second-order valence-electron chi connectivity index (χ2n) is 7.10. The summed E-state index contributed by atoms with van der Waals surface area (Å²) in [5, 5.41) is 1.86. The summed E-state index contributed by atoms with van der Waals surface area (Å²) < 4.78 is 5.40. The van der Waals surface area contributed by atoms with Gasteiger partial charge >= 0.3 is 0 Å². The van der Waals surface area contributed by atoms with Crippen LogP contribution < -0.4 is 0 Å². The van der Waals surface area contributed by atoms with Crippen molar-refractivity contribution in [2.75, 3.05) is 26.3 Å². The number of ether oxygens (including phenoxy) is 1. The zero-order valence-electron chi connectivity index (χ0n) is 13.7. The Morgan fingerprint density at radius 1 is 1.26 bits per heavy atom. The van der Waals surface area contributed by atoms with Crippen LogP contribution in [0.15, 0.2) is 18.3 Å². The lowest BCUT2D eigenvalue weighted by molar-refractivity contribution is -0.136. The average Bonchev–Trinajstić information content (AvgIpc) is 2.52. The molecule has 0 saturated carbocycles. The standard InChI is InChI=1S/C18H22ClN3O/c1-12-20-9-14-7-16(19)15(8-17(14)21-12)13-3-5-22(6-4-13)18(2)10-23-11-18/h7-9,13H,3-6,10-11H2,1-2H3. The Bertz CT molecular complexity index is 736. The first-order chi connectivity index (χ1) is 11.0. The van der Waals surface area contributed by atoms with Crippen LogP contribution in [0.2, 0.25) is 5.02 Å². The van der Waals surface area contributed by atoms with Crippen molar-refractivity contribution in [2.24, 2.45) is 0 Å². The molecule has 4 nitrogen and oxygen atoms in total. The van der Waals surface area contributed by atoms with E-state index in [1.165, 1.54) is 5.56 Å². The van der Waals surface area contributed by atoms with Crippen LogP contribution in [0.4, 0.5) is 0 Å². The molecule has 2 saturated heterocycles. The predicted octanol–water partition coefficient (Wildman–Crippen LogP) is 3.56. The van der Waals surface area contributed by atoms with Gasteiger partial charge < -0.3 is 4.74 Å². The molecule has 23 heavy (non-hydrogen) atoms. The molecule has 5 heteroatoms. The summed E-state index contributed by atoms with van der Waals surface area (Å²) in [6.45, 7) is 8.19. The number of piperidine rings is 1. The highest BCUT2D eigenvalue weighted by atomic mass is 35.5. The molecule has 122 valence electrons. The first-order valence-corrected chi connectivity index (χ1v) is 8.69. The minimum atomic E-state index is 0.252. The number of hydrogen-bond acceptors (Lipinski definition) is 4. The Balaban J connectivity index is 1.56. The third-order valence-electron chi connectivity index (χ3n) is 5.34. The highest BCUT2D eigenvalue weighted by molar-refractivity contribution is 6.32. The Hall–Kier alpha value is -1.23. The lowest BCUT2D eigenvalue weighted by atomic mass is 9.86. The number of aryl methyl sites for hydroxylation is 1. The van der Waals surface area contributed by atoms with Crippen molar-refractivity contribution < 1.29 is 4.74 Å². The first-order valence-electron chi connectivity index (χ1n) is 8.31. The molecule has 1 aromatic heterocycles. The predicted molar refractivity (Wildman–Crippen MR) is 92.1 cm³/mol. The van der Waals surface area contributed by atoms with Gasteiger partial charge in [-0.1, -0.05) is 11.6 Å². The minimum Gasteiger partial charge on any atom is -0.377 e. The maximum atomic E-state index is 6.55. The molecule has 0 N–H and O–H groups in total. The van der Waals surface area contributed by atoms with Crippen molar-refractivity contribution in [3.63, 3.8) is 0 Å². The van der Waals surface area contributed by atoms with Gasteiger partial charge in [-0.3, -0.25) is 4.90 Å². The number of benzene rings is 1. The van der Waals surface area contributed by atoms with E-state index in [9.17, 15) is 0 Å². The number of nitrogens with zero attached hydrogens (tertiary/aromatic N) is 3. The highest BCUT2D eigenvalue weighted by Gasteiger charge is 2.41. The number of rotatable bonds is 2. The average molecular weight is 332 g/mol. The summed E-state index contributed by atoms with van der Waals surface area (Å²) in [6, 6.07) is 4.18. The Kier molecular flexibility index (Phi) is 3.79. The molecule has 0 unspecified atom stereocenters. The fourth-order valence-corrected chi connectivity index (χ4v) is 4.11. The zero-order chi connectivity index (χ0) is 16.0. The van der Waals surface area contributed by atoms with E-state index in [2.05, 4.69) is 27.9 Å². The molecule has 4 rings (SSSR count). The summed E-state index contributed by atoms with van der Waals surface area (Å²) in [4.78, 5) is 11.4. The van der Waals surface area contributed by atoms with Crippen LogP contribution >= 0.6 is 11.6 Å². The lowest BCUT2D eigenvalue weighted by Crippen LogP contribution is -2.61. The molecule has 1 aromatic carbocycles. The van der Waals surface area contributed by atoms with Crippen molar-refractivity contribution in [1.82, 2.24) is 14.9 Å². The van der Waals surface area contributed by atoms with E-state index in [1.807, 2.05) is 19.2 Å². The van der Waals surface area contributed by atoms with Gasteiger partial charge in [-0.2, -0.15) is 0 Å². The maximum absolute atomic E-state index is 6.55. The second kappa shape index (κ2) is 5.69. The van der Waals surface area contributed by atoms with E-state index in [0.29, 0.717) is 5.92 Å². The van der Waals surface area contributed by atoms with Gasteiger partial charge in [-0.25, -0.2) is 9.97 Å². The van der Waals surface area contributed by atoms with Gasteiger partial charge in [-0.15, -0.1) is 0 Å². The number of aromatic nitrogens is 2. The summed E-state index contributed by atoms with van der Waals surface area (Å²) >= 11 is 6.55. The van der Waals surface area contributed by atoms with Crippen molar-refractivity contribution in [1.29, 1.82) is 0 Å². The van der Waals surface area contributed by atoms with E-state index in [-0.39, 0.29) is 5.54 Å². The molecule has 0 radical (unpaired) electrons. The monoisotopic (exact) mass is 331 g/mol. The third kappa shape index (κ3) is 2.73. The van der Waals surface area contributed by atoms with Crippen LogP contribution in [0.1, 0.15) is 37.1 Å². The van der Waals surface area contributed by atoms with E-state index < -0.39 is 0 Å². The molecule has 2 fully saturated rings. The maximum Gasteiger partial charge on any atom is 0.125 e. The normalized spacial score (nSPS) is 22.2. The quantitative estimate of drug-likeness (QED) is 0.843. The molecular weight excluding hydrogens is 310 g/mol. The van der Waals surface area contributed by atoms with Crippen LogP contribution in [0, 0.1) is 6.92 Å². The van der Waals surface area contributed by atoms with E-state index in [0.717, 1.165) is 60.9 Å². The Morgan fingerprint density at radius 2 is 2.00 bits per heavy atom. The fourth-order valence-electron chi connectivity index (χ4n) is 3.78. The Labute approximate surface area is 141 Å². The van der Waals surface area contributed by atoms with Crippen molar-refractivity contribution in [3.05, 3.63) is 34.7 Å². The number of fused-ring (bicyclic) bond motifs is 1. The molecular formula is C18H22ClN3O. The van der Waals surface area contributed by atoms with Gasteiger partial charge in [0.05, 0.1) is 24.3 Å². The molecule has 2 aliphatic heterocycles. The van der Waals surface area contributed by atoms with E-state index >= 15 is 0 Å². The molecule has 2 aliphatic rings. The lowest BCUT2D eigenvalue weighted by Gasteiger charge is -2.50. The van der Waals surface area contributed by atoms with Crippen LogP contribution in [-0.2, 0) is 4.74 Å². The smallest absolute Gasteiger partial charge is 0.125 e. The molecule has 0 aliphatic carbocycles. The largest absolute Gasteiger partial charge is 0.377 e. The van der Waals surface area contributed by atoms with Gasteiger partial charge in [0.2, 0.25) is 0 Å². The van der Waals surface area contributed by atoms with Crippen molar-refractivity contribution >= 4 is 22.5 Å². The highest BCUT2D eigenvalue weighted by Crippen LogP contribution is 2.37. The number of halogens is 1. The number of hydrogen-bond donors (Lipinski definition) is 0. The van der Waals surface area contributed by atoms with Crippen LogP contribution in [0.3, 0.4) is 0 Å². The molecule has 2 aromatic rings. The van der Waals surface area contributed by atoms with Crippen LogP contribution in [0.5, 0.6) is 0 Å². The Morgan fingerprint density at radius 3 is 2.65 bits per heavy atom. The molecule has 3 heterocycles. The van der Waals surface area contributed by atoms with Gasteiger partial charge in [0.25, 0.3) is 0 Å². The van der Waals surface area contributed by atoms with Crippen LogP contribution in [0.25, 0.3) is 10.9 Å². The third-order valence-corrected chi connectivity index (χ3v) is 5.67. The van der Waals surface area contributed by atoms with Gasteiger partial charge in [0.1, 0.15) is 5.82 Å².